The highest BCUT2D eigenvalue weighted by Gasteiger charge is 2.33. The van der Waals surface area contributed by atoms with Gasteiger partial charge in [0.1, 0.15) is 16.5 Å². The molecule has 1 aliphatic rings. The maximum absolute atomic E-state index is 13.7. The van der Waals surface area contributed by atoms with E-state index >= 15 is 0 Å². The number of benzene rings is 2. The number of thiophene rings is 1. The Hall–Kier alpha value is -3.39. The molecule has 0 saturated heterocycles. The van der Waals surface area contributed by atoms with Gasteiger partial charge in [-0.2, -0.15) is 0 Å². The van der Waals surface area contributed by atoms with Crippen LogP contribution in [-0.2, 0) is 17.6 Å². The van der Waals surface area contributed by atoms with Gasteiger partial charge in [0.15, 0.2) is 0 Å². The largest absolute Gasteiger partial charge is 0.459 e. The molecule has 2 heterocycles. The normalized spacial score (nSPS) is 15.1. The Balaban J connectivity index is 1.47. The van der Waals surface area contributed by atoms with Crippen LogP contribution in [0.15, 0.2) is 64.0 Å². The quantitative estimate of drug-likeness (QED) is 0.162. The molecule has 0 saturated carbocycles. The summed E-state index contributed by atoms with van der Waals surface area (Å²) in [7, 11) is 0. The molecule has 4 aromatic rings. The number of amides is 1. The van der Waals surface area contributed by atoms with Gasteiger partial charge in [0.2, 0.25) is 0 Å². The fraction of sp³-hybridized carbons (Fsp3) is 0.324. The number of halogens is 2. The van der Waals surface area contributed by atoms with Crippen LogP contribution in [-0.4, -0.2) is 24.2 Å². The number of nitrogens with one attached hydrogen (secondary N) is 1. The molecule has 5 rings (SSSR count). The molecule has 0 bridgehead atoms. The maximum Gasteiger partial charge on any atom is 0.339 e. The third-order valence-corrected chi connectivity index (χ3v) is 9.20. The van der Waals surface area contributed by atoms with Gasteiger partial charge in [-0.15, -0.1) is 11.3 Å². The molecule has 2 aromatic carbocycles. The summed E-state index contributed by atoms with van der Waals surface area (Å²) in [4.78, 5) is 32.4. The summed E-state index contributed by atoms with van der Waals surface area (Å²) in [5.41, 5.74) is 3.38. The molecule has 0 radical (unpaired) electrons. The number of hydrogen-bond donors (Lipinski definition) is 1. The van der Waals surface area contributed by atoms with Crippen LogP contribution in [0.5, 0.6) is 0 Å². The third kappa shape index (κ3) is 7.23. The van der Waals surface area contributed by atoms with Crippen molar-refractivity contribution >= 4 is 63.3 Å². The Labute approximate surface area is 266 Å². The van der Waals surface area contributed by atoms with E-state index in [0.717, 1.165) is 24.8 Å². The lowest BCUT2D eigenvalue weighted by Gasteiger charge is -2.33. The lowest BCUT2D eigenvalue weighted by molar-refractivity contribution is 0.0378. The zero-order valence-electron chi connectivity index (χ0n) is 24.8. The van der Waals surface area contributed by atoms with Crippen molar-refractivity contribution in [1.29, 1.82) is 0 Å². The van der Waals surface area contributed by atoms with E-state index in [1.807, 2.05) is 0 Å². The molecule has 6 nitrogen and oxygen atoms in total. The van der Waals surface area contributed by atoms with Crippen LogP contribution in [0.4, 0.5) is 10.7 Å². The Bertz CT molecular complexity index is 1680. The average Bonchev–Trinajstić information content (AvgIpc) is 3.56. The molecule has 1 atom stereocenters. The number of carbonyl (C=O) groups is 2. The predicted octanol–water partition coefficient (Wildman–Crippen LogP) is 10.0. The predicted molar refractivity (Wildman–Crippen MR) is 176 cm³/mol. The Morgan fingerprint density at radius 3 is 2.49 bits per heavy atom. The van der Waals surface area contributed by atoms with Crippen LogP contribution in [0.1, 0.15) is 78.0 Å². The summed E-state index contributed by atoms with van der Waals surface area (Å²) in [6.07, 6.45) is 4.09. The number of fused-ring (bicyclic) bond motifs is 1. The highest BCUT2D eigenvalue weighted by molar-refractivity contribution is 7.16. The van der Waals surface area contributed by atoms with Crippen molar-refractivity contribution in [1.82, 2.24) is 0 Å². The Morgan fingerprint density at radius 2 is 1.79 bits per heavy atom. The zero-order chi connectivity index (χ0) is 30.9. The average molecular weight is 638 g/mol. The summed E-state index contributed by atoms with van der Waals surface area (Å²) in [6.45, 7) is 10.4. The van der Waals surface area contributed by atoms with Crippen LogP contribution >= 0.6 is 34.5 Å². The minimum absolute atomic E-state index is 0.169. The number of aliphatic imine (C=N–C) groups is 1. The van der Waals surface area contributed by atoms with E-state index in [1.165, 1.54) is 4.88 Å². The lowest BCUT2D eigenvalue weighted by atomic mass is 9.72. The Kier molecular flexibility index (Phi) is 9.16. The van der Waals surface area contributed by atoms with E-state index in [0.29, 0.717) is 54.9 Å². The van der Waals surface area contributed by atoms with Gasteiger partial charge in [0.25, 0.3) is 5.91 Å². The van der Waals surface area contributed by atoms with Crippen molar-refractivity contribution in [2.75, 3.05) is 5.32 Å². The second-order valence-electron chi connectivity index (χ2n) is 12.1. The minimum atomic E-state index is -0.456. The van der Waals surface area contributed by atoms with Gasteiger partial charge in [-0.3, -0.25) is 4.79 Å². The highest BCUT2D eigenvalue weighted by Crippen LogP contribution is 2.45. The van der Waals surface area contributed by atoms with E-state index in [1.54, 1.807) is 86.0 Å². The maximum atomic E-state index is 13.7. The Morgan fingerprint density at radius 1 is 1.07 bits per heavy atom. The molecule has 0 spiro atoms. The SMILES string of the molecule is CC(C)OC(=O)c1ccc(Cl)cc1-c1ccc(C=Nc2sc3c(c2C(=O)Nc2ccc(Cl)cc2)CC[C@H](C(C)(C)C)C3)o1. The summed E-state index contributed by atoms with van der Waals surface area (Å²) in [6, 6.07) is 15.5. The van der Waals surface area contributed by atoms with Crippen LogP contribution in [0.3, 0.4) is 0 Å². The van der Waals surface area contributed by atoms with E-state index in [-0.39, 0.29) is 17.4 Å². The molecule has 1 N–H and O–H groups in total. The van der Waals surface area contributed by atoms with E-state index in [2.05, 4.69) is 26.1 Å². The van der Waals surface area contributed by atoms with Crippen LogP contribution in [0.2, 0.25) is 10.0 Å². The first-order chi connectivity index (χ1) is 20.4. The molecular formula is C34H34Cl2N2O4S. The van der Waals surface area contributed by atoms with Crippen molar-refractivity contribution in [3.8, 4) is 11.3 Å². The van der Waals surface area contributed by atoms with Gasteiger partial charge in [0.05, 0.1) is 23.4 Å². The fourth-order valence-electron chi connectivity index (χ4n) is 5.23. The highest BCUT2D eigenvalue weighted by atomic mass is 35.5. The van der Waals surface area contributed by atoms with E-state index < -0.39 is 5.97 Å². The minimum Gasteiger partial charge on any atom is -0.459 e. The molecule has 2 aromatic heterocycles. The standard InChI is InChI=1S/C34H34Cl2N2O4S/c1-19(2)41-33(40)25-14-9-22(36)17-27(25)28-15-12-24(42-28)18-37-32-30(31(39)38-23-10-7-21(35)8-11-23)26-13-6-20(34(3,4)5)16-29(26)43-32/h7-12,14-15,17-20H,6,13,16H2,1-5H3,(H,38,39)/t20-/m0/s1. The van der Waals surface area contributed by atoms with Gasteiger partial charge >= 0.3 is 5.97 Å². The number of furan rings is 1. The number of nitrogens with zero attached hydrogens (tertiary/aromatic N) is 1. The molecule has 0 fully saturated rings. The van der Waals surface area contributed by atoms with Gasteiger partial charge in [-0.1, -0.05) is 44.0 Å². The monoisotopic (exact) mass is 636 g/mol. The molecule has 0 unspecified atom stereocenters. The third-order valence-electron chi connectivity index (χ3n) is 7.55. The zero-order valence-corrected chi connectivity index (χ0v) is 27.1. The first kappa shape index (κ1) is 31.0. The van der Waals surface area contributed by atoms with Crippen molar-refractivity contribution in [2.45, 2.75) is 60.0 Å². The summed E-state index contributed by atoms with van der Waals surface area (Å²) in [5, 5.41) is 4.72. The molecule has 224 valence electrons. The summed E-state index contributed by atoms with van der Waals surface area (Å²) < 4.78 is 11.5. The first-order valence-electron chi connectivity index (χ1n) is 14.3. The topological polar surface area (TPSA) is 80.9 Å². The number of hydrogen-bond acceptors (Lipinski definition) is 6. The van der Waals surface area contributed by atoms with Gasteiger partial charge in [0, 0.05) is 26.2 Å². The van der Waals surface area contributed by atoms with Crippen molar-refractivity contribution in [2.24, 2.45) is 16.3 Å². The number of esters is 1. The van der Waals surface area contributed by atoms with Crippen LogP contribution in [0, 0.1) is 11.3 Å². The number of anilines is 1. The van der Waals surface area contributed by atoms with Crippen molar-refractivity contribution < 1.29 is 18.7 Å². The second-order valence-corrected chi connectivity index (χ2v) is 14.0. The second kappa shape index (κ2) is 12.7. The van der Waals surface area contributed by atoms with E-state index in [9.17, 15) is 9.59 Å². The van der Waals surface area contributed by atoms with Crippen molar-refractivity contribution in [3.05, 3.63) is 92.0 Å². The van der Waals surface area contributed by atoms with Gasteiger partial charge < -0.3 is 14.5 Å². The molecule has 43 heavy (non-hydrogen) atoms. The van der Waals surface area contributed by atoms with Crippen LogP contribution < -0.4 is 5.32 Å². The smallest absolute Gasteiger partial charge is 0.339 e. The summed E-state index contributed by atoms with van der Waals surface area (Å²) in [5.74, 6) is 0.792. The number of carbonyl (C=O) groups excluding carboxylic acids is 2. The van der Waals surface area contributed by atoms with Gasteiger partial charge in [-0.25, -0.2) is 9.79 Å². The molecular weight excluding hydrogens is 603 g/mol. The van der Waals surface area contributed by atoms with Crippen LogP contribution in [0.25, 0.3) is 11.3 Å². The molecule has 9 heteroatoms. The molecule has 1 aliphatic carbocycles. The number of rotatable bonds is 7. The number of ether oxygens (including phenoxy) is 1. The fourth-order valence-corrected chi connectivity index (χ4v) is 6.79. The van der Waals surface area contributed by atoms with Crippen molar-refractivity contribution in [3.63, 3.8) is 0 Å². The van der Waals surface area contributed by atoms with E-state index in [4.69, 9.17) is 37.3 Å². The molecule has 1 amide bonds. The molecule has 0 aliphatic heterocycles. The summed E-state index contributed by atoms with van der Waals surface area (Å²) >= 11 is 13.9. The van der Waals surface area contributed by atoms with Gasteiger partial charge in [-0.05, 0) is 105 Å². The first-order valence-corrected chi connectivity index (χ1v) is 15.8. The lowest BCUT2D eigenvalue weighted by Crippen LogP contribution is -2.27.